The largest absolute Gasteiger partial charge is 0.481 e. The summed E-state index contributed by atoms with van der Waals surface area (Å²) in [5.41, 5.74) is 2.36. The maximum atomic E-state index is 10.5. The van der Waals surface area contributed by atoms with Gasteiger partial charge in [0.15, 0.2) is 0 Å². The first kappa shape index (κ1) is 9.45. The third-order valence-electron chi connectivity index (χ3n) is 2.04. The number of aromatic nitrogens is 2. The van der Waals surface area contributed by atoms with E-state index in [0.29, 0.717) is 5.69 Å². The minimum atomic E-state index is -0.863. The highest BCUT2D eigenvalue weighted by Crippen LogP contribution is 2.16. The number of nitrogens with one attached hydrogen (secondary N) is 1. The normalized spacial score (nSPS) is 10.1. The number of benzene rings is 1. The first-order valence-corrected chi connectivity index (χ1v) is 4.57. The summed E-state index contributed by atoms with van der Waals surface area (Å²) in [5.74, 6) is -0.863. The average molecular weight is 202 g/mol. The smallest absolute Gasteiger partial charge is 0.309 e. The van der Waals surface area contributed by atoms with Gasteiger partial charge in [-0.2, -0.15) is 5.10 Å². The van der Waals surface area contributed by atoms with Crippen LogP contribution in [0.2, 0.25) is 0 Å². The van der Waals surface area contributed by atoms with E-state index < -0.39 is 5.97 Å². The number of aromatic amines is 1. The van der Waals surface area contributed by atoms with E-state index in [2.05, 4.69) is 10.2 Å². The molecular formula is C11H10N2O2. The third-order valence-corrected chi connectivity index (χ3v) is 2.04. The summed E-state index contributed by atoms with van der Waals surface area (Å²) in [7, 11) is 0. The summed E-state index contributed by atoms with van der Waals surface area (Å²) >= 11 is 0. The first-order valence-electron chi connectivity index (χ1n) is 4.57. The zero-order valence-corrected chi connectivity index (χ0v) is 7.97. The van der Waals surface area contributed by atoms with E-state index in [1.165, 1.54) is 0 Å². The van der Waals surface area contributed by atoms with Gasteiger partial charge in [-0.3, -0.25) is 9.89 Å². The Morgan fingerprint density at radius 2 is 2.07 bits per heavy atom. The van der Waals surface area contributed by atoms with Crippen molar-refractivity contribution in [3.63, 3.8) is 0 Å². The molecule has 1 heterocycles. The van der Waals surface area contributed by atoms with Gasteiger partial charge in [0.2, 0.25) is 0 Å². The second kappa shape index (κ2) is 3.96. The molecule has 0 radical (unpaired) electrons. The number of rotatable bonds is 3. The molecule has 0 spiro atoms. The summed E-state index contributed by atoms with van der Waals surface area (Å²) < 4.78 is 0. The summed E-state index contributed by atoms with van der Waals surface area (Å²) in [5, 5.41) is 15.4. The molecular weight excluding hydrogens is 192 g/mol. The molecule has 0 saturated heterocycles. The van der Waals surface area contributed by atoms with Crippen LogP contribution >= 0.6 is 0 Å². The van der Waals surface area contributed by atoms with Crippen molar-refractivity contribution in [2.45, 2.75) is 6.42 Å². The Balaban J connectivity index is 2.24. The molecule has 0 aliphatic rings. The molecule has 1 aromatic carbocycles. The van der Waals surface area contributed by atoms with Crippen LogP contribution in [-0.4, -0.2) is 21.3 Å². The molecule has 0 aliphatic carbocycles. The molecule has 1 aromatic heterocycles. The molecule has 0 saturated carbocycles. The Morgan fingerprint density at radius 1 is 1.33 bits per heavy atom. The zero-order valence-electron chi connectivity index (χ0n) is 7.97. The molecule has 0 fully saturated rings. The minimum absolute atomic E-state index is 0.0279. The highest BCUT2D eigenvalue weighted by atomic mass is 16.4. The number of nitrogens with zero attached hydrogens (tertiary/aromatic N) is 1. The van der Waals surface area contributed by atoms with Crippen LogP contribution in [0.4, 0.5) is 0 Å². The van der Waals surface area contributed by atoms with Gasteiger partial charge in [0.05, 0.1) is 12.1 Å². The van der Waals surface area contributed by atoms with E-state index in [4.69, 9.17) is 5.11 Å². The van der Waals surface area contributed by atoms with Crippen molar-refractivity contribution >= 4 is 5.97 Å². The van der Waals surface area contributed by atoms with Gasteiger partial charge >= 0.3 is 5.97 Å². The monoisotopic (exact) mass is 202 g/mol. The number of hydrogen-bond donors (Lipinski definition) is 2. The van der Waals surface area contributed by atoms with Crippen molar-refractivity contribution in [2.24, 2.45) is 0 Å². The van der Waals surface area contributed by atoms with Crippen molar-refractivity contribution in [1.29, 1.82) is 0 Å². The molecule has 0 unspecified atom stereocenters. The van der Waals surface area contributed by atoms with Crippen LogP contribution in [0.25, 0.3) is 11.3 Å². The maximum absolute atomic E-state index is 10.5. The van der Waals surface area contributed by atoms with E-state index >= 15 is 0 Å². The number of carboxylic acids is 1. The van der Waals surface area contributed by atoms with Gasteiger partial charge in [-0.1, -0.05) is 30.3 Å². The van der Waals surface area contributed by atoms with Gasteiger partial charge in [0.1, 0.15) is 0 Å². The van der Waals surface area contributed by atoms with Crippen molar-refractivity contribution < 1.29 is 9.90 Å². The highest BCUT2D eigenvalue weighted by Gasteiger charge is 2.06. The van der Waals surface area contributed by atoms with Crippen molar-refractivity contribution in [3.8, 4) is 11.3 Å². The Morgan fingerprint density at radius 3 is 2.73 bits per heavy atom. The van der Waals surface area contributed by atoms with E-state index in [-0.39, 0.29) is 6.42 Å². The fourth-order valence-electron chi connectivity index (χ4n) is 1.37. The number of aliphatic carboxylic acids is 1. The van der Waals surface area contributed by atoms with Gasteiger partial charge in [-0.05, 0) is 6.07 Å². The SMILES string of the molecule is O=C(O)Cc1cc(-c2ccccc2)n[nH]1. The molecule has 0 atom stereocenters. The Labute approximate surface area is 86.6 Å². The Hall–Kier alpha value is -2.10. The number of carbonyl (C=O) groups is 1. The highest BCUT2D eigenvalue weighted by molar-refractivity contribution is 5.70. The van der Waals surface area contributed by atoms with Crippen LogP contribution in [0.15, 0.2) is 36.4 Å². The van der Waals surface area contributed by atoms with Crippen LogP contribution in [0.3, 0.4) is 0 Å². The second-order valence-corrected chi connectivity index (χ2v) is 3.21. The molecule has 0 bridgehead atoms. The van der Waals surface area contributed by atoms with E-state index in [1.807, 2.05) is 30.3 Å². The fourth-order valence-corrected chi connectivity index (χ4v) is 1.37. The number of H-pyrrole nitrogens is 1. The lowest BCUT2D eigenvalue weighted by Crippen LogP contribution is -1.99. The fraction of sp³-hybridized carbons (Fsp3) is 0.0909. The van der Waals surface area contributed by atoms with Crippen LogP contribution in [0, 0.1) is 0 Å². The van der Waals surface area contributed by atoms with Gasteiger partial charge in [0, 0.05) is 11.3 Å². The average Bonchev–Trinajstić information content (AvgIpc) is 2.67. The summed E-state index contributed by atoms with van der Waals surface area (Å²) in [6, 6.07) is 11.4. The van der Waals surface area contributed by atoms with Gasteiger partial charge in [-0.25, -0.2) is 0 Å². The molecule has 0 amide bonds. The number of hydrogen-bond acceptors (Lipinski definition) is 2. The number of carboxylic acid groups (broad SMARTS) is 1. The standard InChI is InChI=1S/C11H10N2O2/c14-11(15)7-9-6-10(13-12-9)8-4-2-1-3-5-8/h1-6H,7H2,(H,12,13)(H,14,15). The Kier molecular flexibility index (Phi) is 2.49. The van der Waals surface area contributed by atoms with Gasteiger partial charge in [-0.15, -0.1) is 0 Å². The summed E-state index contributed by atoms with van der Waals surface area (Å²) in [6.45, 7) is 0. The van der Waals surface area contributed by atoms with Crippen LogP contribution in [0.5, 0.6) is 0 Å². The van der Waals surface area contributed by atoms with Gasteiger partial charge in [0.25, 0.3) is 0 Å². The summed E-state index contributed by atoms with van der Waals surface area (Å²) in [4.78, 5) is 10.5. The Bertz CT molecular complexity index is 462. The predicted octanol–water partition coefficient (Wildman–Crippen LogP) is 1.70. The molecule has 0 aliphatic heterocycles. The van der Waals surface area contributed by atoms with E-state index in [9.17, 15) is 4.79 Å². The van der Waals surface area contributed by atoms with Crippen molar-refractivity contribution in [1.82, 2.24) is 10.2 Å². The molecule has 2 rings (SSSR count). The maximum Gasteiger partial charge on any atom is 0.309 e. The zero-order chi connectivity index (χ0) is 10.7. The third kappa shape index (κ3) is 2.22. The lowest BCUT2D eigenvalue weighted by atomic mass is 10.1. The van der Waals surface area contributed by atoms with Gasteiger partial charge < -0.3 is 5.11 Å². The molecule has 4 heteroatoms. The minimum Gasteiger partial charge on any atom is -0.481 e. The van der Waals surface area contributed by atoms with E-state index in [0.717, 1.165) is 11.3 Å². The van der Waals surface area contributed by atoms with Crippen LogP contribution in [-0.2, 0) is 11.2 Å². The summed E-state index contributed by atoms with van der Waals surface area (Å²) in [6.07, 6.45) is -0.0279. The van der Waals surface area contributed by atoms with Crippen molar-refractivity contribution in [3.05, 3.63) is 42.1 Å². The van der Waals surface area contributed by atoms with Crippen molar-refractivity contribution in [2.75, 3.05) is 0 Å². The quantitative estimate of drug-likeness (QED) is 0.796. The van der Waals surface area contributed by atoms with Crippen LogP contribution < -0.4 is 0 Å². The second-order valence-electron chi connectivity index (χ2n) is 3.21. The topological polar surface area (TPSA) is 66.0 Å². The van der Waals surface area contributed by atoms with E-state index in [1.54, 1.807) is 6.07 Å². The first-order chi connectivity index (χ1) is 7.25. The molecule has 2 N–H and O–H groups in total. The lowest BCUT2D eigenvalue weighted by molar-refractivity contribution is -0.136. The molecule has 76 valence electrons. The van der Waals surface area contributed by atoms with Crippen LogP contribution in [0.1, 0.15) is 5.69 Å². The molecule has 2 aromatic rings. The molecule has 15 heavy (non-hydrogen) atoms. The predicted molar refractivity (Wildman–Crippen MR) is 55.4 cm³/mol. The lowest BCUT2D eigenvalue weighted by Gasteiger charge is -1.92. The molecule has 4 nitrogen and oxygen atoms in total.